The summed E-state index contributed by atoms with van der Waals surface area (Å²) >= 11 is 0. The molecule has 0 bridgehead atoms. The van der Waals surface area contributed by atoms with Gasteiger partial charge in [0, 0.05) is 19.1 Å². The summed E-state index contributed by atoms with van der Waals surface area (Å²) in [7, 11) is 0. The zero-order chi connectivity index (χ0) is 10.1. The maximum absolute atomic E-state index is 5.35. The minimum Gasteiger partial charge on any atom is -0.381 e. The van der Waals surface area contributed by atoms with E-state index in [4.69, 9.17) is 4.74 Å². The van der Waals surface area contributed by atoms with E-state index in [9.17, 15) is 0 Å². The van der Waals surface area contributed by atoms with Crippen LogP contribution in [0.5, 0.6) is 0 Å². The molecule has 3 heteroatoms. The topological polar surface area (TPSA) is 37.9 Å². The van der Waals surface area contributed by atoms with Crippen molar-refractivity contribution in [2.45, 2.75) is 18.8 Å². The summed E-state index contributed by atoms with van der Waals surface area (Å²) < 4.78 is 5.35. The molecule has 0 amide bonds. The van der Waals surface area contributed by atoms with Crippen LogP contribution in [0, 0.1) is 0 Å². The Kier molecular flexibility index (Phi) is 2.18. The third kappa shape index (κ3) is 1.63. The summed E-state index contributed by atoms with van der Waals surface area (Å²) in [4.78, 5) is 8.02. The number of rotatable bonds is 1. The van der Waals surface area contributed by atoms with Crippen molar-refractivity contribution in [2.75, 3.05) is 13.2 Å². The van der Waals surface area contributed by atoms with Crippen LogP contribution < -0.4 is 0 Å². The van der Waals surface area contributed by atoms with Gasteiger partial charge in [0.25, 0.3) is 0 Å². The zero-order valence-electron chi connectivity index (χ0n) is 8.57. The van der Waals surface area contributed by atoms with Crippen LogP contribution in [0.15, 0.2) is 24.3 Å². The molecule has 0 radical (unpaired) electrons. The molecule has 0 atom stereocenters. The van der Waals surface area contributed by atoms with E-state index >= 15 is 0 Å². The Labute approximate surface area is 88.5 Å². The molecule has 2 heterocycles. The number of hydrogen-bond donors (Lipinski definition) is 1. The van der Waals surface area contributed by atoms with E-state index in [0.29, 0.717) is 5.92 Å². The molecule has 0 unspecified atom stereocenters. The van der Waals surface area contributed by atoms with Gasteiger partial charge in [-0.25, -0.2) is 4.98 Å². The molecule has 0 saturated carbocycles. The molecule has 3 nitrogen and oxygen atoms in total. The Balaban J connectivity index is 1.96. The summed E-state index contributed by atoms with van der Waals surface area (Å²) in [6.07, 6.45) is 2.17. The van der Waals surface area contributed by atoms with E-state index < -0.39 is 0 Å². The van der Waals surface area contributed by atoms with Crippen LogP contribution in [0.25, 0.3) is 11.0 Å². The largest absolute Gasteiger partial charge is 0.381 e. The third-order valence-corrected chi connectivity index (χ3v) is 3.02. The molecule has 1 saturated heterocycles. The number of para-hydroxylation sites is 2. The second kappa shape index (κ2) is 3.66. The van der Waals surface area contributed by atoms with E-state index in [2.05, 4.69) is 22.1 Å². The smallest absolute Gasteiger partial charge is 0.110 e. The second-order valence-corrected chi connectivity index (χ2v) is 4.03. The number of aromatic amines is 1. The van der Waals surface area contributed by atoms with E-state index in [1.165, 1.54) is 0 Å². The molecule has 78 valence electrons. The van der Waals surface area contributed by atoms with Gasteiger partial charge in [-0.15, -0.1) is 0 Å². The van der Waals surface area contributed by atoms with Crippen molar-refractivity contribution in [3.8, 4) is 0 Å². The summed E-state index contributed by atoms with van der Waals surface area (Å²) in [5.41, 5.74) is 2.21. The first kappa shape index (κ1) is 8.92. The average Bonchev–Trinajstić information content (AvgIpc) is 2.74. The molecule has 3 rings (SSSR count). The maximum atomic E-state index is 5.35. The SMILES string of the molecule is c1ccc2[nH]c(C3CCOCC3)nc2c1. The van der Waals surface area contributed by atoms with Gasteiger partial charge in [-0.1, -0.05) is 12.1 Å². The molecule has 1 aliphatic rings. The van der Waals surface area contributed by atoms with Crippen molar-refractivity contribution in [3.63, 3.8) is 0 Å². The molecule has 0 aliphatic carbocycles. The first-order valence-corrected chi connectivity index (χ1v) is 5.46. The second-order valence-electron chi connectivity index (χ2n) is 4.03. The van der Waals surface area contributed by atoms with Gasteiger partial charge in [-0.3, -0.25) is 0 Å². The molecular weight excluding hydrogens is 188 g/mol. The van der Waals surface area contributed by atoms with Crippen LogP contribution in [0.2, 0.25) is 0 Å². The fourth-order valence-electron chi connectivity index (χ4n) is 2.14. The first-order valence-electron chi connectivity index (χ1n) is 5.46. The van der Waals surface area contributed by atoms with Crippen molar-refractivity contribution < 1.29 is 4.74 Å². The predicted molar refractivity (Wildman–Crippen MR) is 58.9 cm³/mol. The standard InChI is InChI=1S/C12H14N2O/c1-2-4-11-10(3-1)13-12(14-11)9-5-7-15-8-6-9/h1-4,9H,5-8H2,(H,13,14). The number of fused-ring (bicyclic) bond motifs is 1. The lowest BCUT2D eigenvalue weighted by atomic mass is 10.00. The third-order valence-electron chi connectivity index (χ3n) is 3.02. The van der Waals surface area contributed by atoms with Crippen molar-refractivity contribution >= 4 is 11.0 Å². The van der Waals surface area contributed by atoms with Crippen molar-refractivity contribution in [3.05, 3.63) is 30.1 Å². The fraction of sp³-hybridized carbons (Fsp3) is 0.417. The van der Waals surface area contributed by atoms with Gasteiger partial charge in [0.1, 0.15) is 5.82 Å². The molecule has 1 aromatic heterocycles. The Morgan fingerprint density at radius 1 is 1.20 bits per heavy atom. The maximum Gasteiger partial charge on any atom is 0.110 e. The number of ether oxygens (including phenoxy) is 1. The Hall–Kier alpha value is -1.35. The molecule has 1 aromatic carbocycles. The summed E-state index contributed by atoms with van der Waals surface area (Å²) in [6.45, 7) is 1.73. The van der Waals surface area contributed by atoms with Gasteiger partial charge in [0.05, 0.1) is 11.0 Å². The lowest BCUT2D eigenvalue weighted by molar-refractivity contribution is 0.0838. The normalized spacial score (nSPS) is 18.4. The highest BCUT2D eigenvalue weighted by Crippen LogP contribution is 2.26. The van der Waals surface area contributed by atoms with Crippen LogP contribution >= 0.6 is 0 Å². The molecule has 0 spiro atoms. The summed E-state index contributed by atoms with van der Waals surface area (Å²) in [5, 5.41) is 0. The monoisotopic (exact) mass is 202 g/mol. The van der Waals surface area contributed by atoms with E-state index in [1.54, 1.807) is 0 Å². The number of H-pyrrole nitrogens is 1. The van der Waals surface area contributed by atoms with Gasteiger partial charge in [0.15, 0.2) is 0 Å². The first-order chi connectivity index (χ1) is 7.43. The minimum atomic E-state index is 0.547. The van der Waals surface area contributed by atoms with Gasteiger partial charge < -0.3 is 9.72 Å². The number of benzene rings is 1. The van der Waals surface area contributed by atoms with Crippen LogP contribution in [0.1, 0.15) is 24.6 Å². The number of nitrogens with one attached hydrogen (secondary N) is 1. The lowest BCUT2D eigenvalue weighted by Crippen LogP contribution is -2.15. The van der Waals surface area contributed by atoms with Crippen molar-refractivity contribution in [1.82, 2.24) is 9.97 Å². The van der Waals surface area contributed by atoms with Crippen LogP contribution in [0.3, 0.4) is 0 Å². The highest BCUT2D eigenvalue weighted by molar-refractivity contribution is 5.74. The predicted octanol–water partition coefficient (Wildman–Crippen LogP) is 2.46. The Bertz CT molecular complexity index is 424. The molecule has 2 aromatic rings. The van der Waals surface area contributed by atoms with E-state index in [-0.39, 0.29) is 0 Å². The quantitative estimate of drug-likeness (QED) is 0.771. The highest BCUT2D eigenvalue weighted by Gasteiger charge is 2.18. The van der Waals surface area contributed by atoms with Crippen molar-refractivity contribution in [1.29, 1.82) is 0 Å². The van der Waals surface area contributed by atoms with Gasteiger partial charge in [-0.05, 0) is 25.0 Å². The minimum absolute atomic E-state index is 0.547. The summed E-state index contributed by atoms with van der Waals surface area (Å²) in [5.74, 6) is 1.67. The van der Waals surface area contributed by atoms with Gasteiger partial charge >= 0.3 is 0 Å². The fourth-order valence-corrected chi connectivity index (χ4v) is 2.14. The Morgan fingerprint density at radius 3 is 2.80 bits per heavy atom. The van der Waals surface area contributed by atoms with Crippen LogP contribution in [0.4, 0.5) is 0 Å². The number of aromatic nitrogens is 2. The highest BCUT2D eigenvalue weighted by atomic mass is 16.5. The van der Waals surface area contributed by atoms with E-state index in [0.717, 1.165) is 42.9 Å². The molecule has 1 aliphatic heterocycles. The zero-order valence-corrected chi connectivity index (χ0v) is 8.57. The molecule has 1 fully saturated rings. The molecular formula is C12H14N2O. The number of imidazole rings is 1. The lowest BCUT2D eigenvalue weighted by Gasteiger charge is -2.19. The van der Waals surface area contributed by atoms with Gasteiger partial charge in [0.2, 0.25) is 0 Å². The molecule has 15 heavy (non-hydrogen) atoms. The number of nitrogens with zero attached hydrogens (tertiary/aromatic N) is 1. The Morgan fingerprint density at radius 2 is 2.00 bits per heavy atom. The number of hydrogen-bond acceptors (Lipinski definition) is 2. The summed E-state index contributed by atoms with van der Waals surface area (Å²) in [6, 6.07) is 8.19. The van der Waals surface area contributed by atoms with Crippen LogP contribution in [-0.2, 0) is 4.74 Å². The van der Waals surface area contributed by atoms with E-state index in [1.807, 2.05) is 12.1 Å². The molecule has 1 N–H and O–H groups in total. The van der Waals surface area contributed by atoms with Crippen LogP contribution in [-0.4, -0.2) is 23.2 Å². The van der Waals surface area contributed by atoms with Crippen molar-refractivity contribution in [2.24, 2.45) is 0 Å². The van der Waals surface area contributed by atoms with Gasteiger partial charge in [-0.2, -0.15) is 0 Å². The average molecular weight is 202 g/mol.